The number of rotatable bonds is 6. The molecule has 0 radical (unpaired) electrons. The first kappa shape index (κ1) is 11.8. The van der Waals surface area contributed by atoms with E-state index in [1.54, 1.807) is 10.9 Å². The first-order chi connectivity index (χ1) is 7.26. The largest absolute Gasteiger partial charge is 0.394 e. The van der Waals surface area contributed by atoms with Crippen LogP contribution in [0, 0.1) is 12.3 Å². The molecular weight excluding hydrogens is 190 g/mol. The maximum Gasteiger partial charge on any atom is 0.0640 e. The van der Waals surface area contributed by atoms with Crippen LogP contribution in [0.4, 0.5) is 0 Å². The zero-order chi connectivity index (χ0) is 11.1. The zero-order valence-corrected chi connectivity index (χ0v) is 8.98. The summed E-state index contributed by atoms with van der Waals surface area (Å²) < 4.78 is 1.73. The van der Waals surface area contributed by atoms with Crippen LogP contribution >= 0.6 is 0 Å². The second kappa shape index (κ2) is 6.23. The molecule has 1 unspecified atom stereocenters. The average molecular weight is 207 g/mol. The Morgan fingerprint density at radius 2 is 2.53 bits per heavy atom. The molecule has 15 heavy (non-hydrogen) atoms. The lowest BCUT2D eigenvalue weighted by atomic mass is 10.2. The third-order valence-corrected chi connectivity index (χ3v) is 2.09. The molecule has 0 bridgehead atoms. The SMILES string of the molecule is C#CCC(C)NCc1cnn(CCO)c1. The van der Waals surface area contributed by atoms with Crippen molar-refractivity contribution >= 4 is 0 Å². The summed E-state index contributed by atoms with van der Waals surface area (Å²) in [6.45, 7) is 3.47. The maximum absolute atomic E-state index is 8.72. The van der Waals surface area contributed by atoms with E-state index in [0.717, 1.165) is 18.5 Å². The summed E-state index contributed by atoms with van der Waals surface area (Å²) in [5, 5.41) is 16.1. The van der Waals surface area contributed by atoms with E-state index in [9.17, 15) is 0 Å². The Morgan fingerprint density at radius 1 is 1.73 bits per heavy atom. The second-order valence-electron chi connectivity index (χ2n) is 3.53. The van der Waals surface area contributed by atoms with E-state index >= 15 is 0 Å². The summed E-state index contributed by atoms with van der Waals surface area (Å²) in [4.78, 5) is 0. The van der Waals surface area contributed by atoms with Gasteiger partial charge in [0.1, 0.15) is 0 Å². The molecule has 4 nitrogen and oxygen atoms in total. The standard InChI is InChI=1S/C11H17N3O/c1-3-4-10(2)12-7-11-8-13-14(9-11)5-6-15/h1,8-10,12,15H,4-7H2,2H3. The molecule has 0 aliphatic carbocycles. The molecule has 0 aromatic carbocycles. The first-order valence-corrected chi connectivity index (χ1v) is 5.05. The monoisotopic (exact) mass is 207 g/mol. The summed E-state index contributed by atoms with van der Waals surface area (Å²) in [7, 11) is 0. The zero-order valence-electron chi connectivity index (χ0n) is 8.98. The van der Waals surface area contributed by atoms with Gasteiger partial charge in [0.05, 0.1) is 19.3 Å². The molecule has 1 aromatic heterocycles. The van der Waals surface area contributed by atoms with Gasteiger partial charge in [0, 0.05) is 30.8 Å². The Hall–Kier alpha value is -1.31. The number of hydrogen-bond donors (Lipinski definition) is 2. The third-order valence-electron chi connectivity index (χ3n) is 2.09. The molecule has 0 aliphatic heterocycles. The van der Waals surface area contributed by atoms with Gasteiger partial charge in [-0.1, -0.05) is 0 Å². The van der Waals surface area contributed by atoms with Gasteiger partial charge in [-0.05, 0) is 6.92 Å². The van der Waals surface area contributed by atoms with Gasteiger partial charge in [-0.15, -0.1) is 12.3 Å². The fourth-order valence-electron chi connectivity index (χ4n) is 1.26. The van der Waals surface area contributed by atoms with Crippen molar-refractivity contribution < 1.29 is 5.11 Å². The summed E-state index contributed by atoms with van der Waals surface area (Å²) in [5.41, 5.74) is 1.10. The Kier molecular flexibility index (Phi) is 4.88. The Balaban J connectivity index is 2.34. The van der Waals surface area contributed by atoms with Crippen molar-refractivity contribution in [3.8, 4) is 12.3 Å². The molecule has 4 heteroatoms. The number of aliphatic hydroxyl groups is 1. The quantitative estimate of drug-likeness (QED) is 0.663. The highest BCUT2D eigenvalue weighted by molar-refractivity contribution is 5.03. The smallest absolute Gasteiger partial charge is 0.0640 e. The van der Waals surface area contributed by atoms with Crippen LogP contribution in [0.5, 0.6) is 0 Å². The second-order valence-corrected chi connectivity index (χ2v) is 3.53. The summed E-state index contributed by atoms with van der Waals surface area (Å²) in [6, 6.07) is 0.316. The van der Waals surface area contributed by atoms with Crippen LogP contribution in [0.2, 0.25) is 0 Å². The lowest BCUT2D eigenvalue weighted by molar-refractivity contribution is 0.269. The van der Waals surface area contributed by atoms with E-state index in [-0.39, 0.29) is 6.61 Å². The Bertz CT molecular complexity index is 327. The number of aromatic nitrogens is 2. The number of aliphatic hydroxyl groups excluding tert-OH is 1. The molecule has 0 spiro atoms. The van der Waals surface area contributed by atoms with Gasteiger partial charge in [-0.2, -0.15) is 5.10 Å². The maximum atomic E-state index is 8.72. The van der Waals surface area contributed by atoms with Gasteiger partial charge in [0.25, 0.3) is 0 Å². The molecule has 2 N–H and O–H groups in total. The van der Waals surface area contributed by atoms with Crippen molar-refractivity contribution in [2.45, 2.75) is 32.5 Å². The van der Waals surface area contributed by atoms with Crippen molar-refractivity contribution in [1.29, 1.82) is 0 Å². The van der Waals surface area contributed by atoms with Crippen LogP contribution in [0.3, 0.4) is 0 Å². The van der Waals surface area contributed by atoms with Crippen LogP contribution in [0.15, 0.2) is 12.4 Å². The van der Waals surface area contributed by atoms with E-state index in [2.05, 4.69) is 23.3 Å². The van der Waals surface area contributed by atoms with Gasteiger partial charge in [0.15, 0.2) is 0 Å². The lowest BCUT2D eigenvalue weighted by Gasteiger charge is -2.08. The van der Waals surface area contributed by atoms with E-state index < -0.39 is 0 Å². The van der Waals surface area contributed by atoms with E-state index in [4.69, 9.17) is 11.5 Å². The summed E-state index contributed by atoms with van der Waals surface area (Å²) in [5.74, 6) is 2.61. The number of nitrogens with zero attached hydrogens (tertiary/aromatic N) is 2. The first-order valence-electron chi connectivity index (χ1n) is 5.05. The molecule has 1 aromatic rings. The highest BCUT2D eigenvalue weighted by Crippen LogP contribution is 1.98. The Morgan fingerprint density at radius 3 is 3.20 bits per heavy atom. The van der Waals surface area contributed by atoms with Crippen molar-refractivity contribution in [3.05, 3.63) is 18.0 Å². The van der Waals surface area contributed by atoms with Crippen LogP contribution in [-0.4, -0.2) is 27.5 Å². The van der Waals surface area contributed by atoms with Gasteiger partial charge in [-0.3, -0.25) is 4.68 Å². The van der Waals surface area contributed by atoms with Crippen molar-refractivity contribution in [2.75, 3.05) is 6.61 Å². The van der Waals surface area contributed by atoms with Crippen molar-refractivity contribution in [3.63, 3.8) is 0 Å². The fraction of sp³-hybridized carbons (Fsp3) is 0.545. The molecule has 0 saturated heterocycles. The topological polar surface area (TPSA) is 50.1 Å². The third kappa shape index (κ3) is 4.15. The van der Waals surface area contributed by atoms with E-state index in [1.165, 1.54) is 0 Å². The molecule has 1 atom stereocenters. The number of nitrogens with one attached hydrogen (secondary N) is 1. The van der Waals surface area contributed by atoms with Crippen LogP contribution < -0.4 is 5.32 Å². The number of hydrogen-bond acceptors (Lipinski definition) is 3. The number of terminal acetylenes is 1. The molecule has 0 aliphatic rings. The van der Waals surface area contributed by atoms with E-state index in [0.29, 0.717) is 12.6 Å². The van der Waals surface area contributed by atoms with Crippen LogP contribution in [0.25, 0.3) is 0 Å². The molecule has 0 amide bonds. The van der Waals surface area contributed by atoms with Crippen molar-refractivity contribution in [2.24, 2.45) is 0 Å². The predicted molar refractivity (Wildman–Crippen MR) is 59.1 cm³/mol. The minimum atomic E-state index is 0.113. The van der Waals surface area contributed by atoms with Gasteiger partial charge in [0.2, 0.25) is 0 Å². The van der Waals surface area contributed by atoms with Crippen LogP contribution in [0.1, 0.15) is 18.9 Å². The fourth-order valence-corrected chi connectivity index (χ4v) is 1.26. The lowest BCUT2D eigenvalue weighted by Crippen LogP contribution is -2.24. The van der Waals surface area contributed by atoms with Gasteiger partial charge in [-0.25, -0.2) is 0 Å². The molecule has 82 valence electrons. The normalized spacial score (nSPS) is 12.3. The Labute approximate surface area is 90.3 Å². The molecule has 0 fully saturated rings. The molecule has 1 rings (SSSR count). The highest BCUT2D eigenvalue weighted by atomic mass is 16.3. The summed E-state index contributed by atoms with van der Waals surface area (Å²) >= 11 is 0. The van der Waals surface area contributed by atoms with E-state index in [1.807, 2.05) is 6.20 Å². The minimum absolute atomic E-state index is 0.113. The molecule has 1 heterocycles. The van der Waals surface area contributed by atoms with Crippen LogP contribution in [-0.2, 0) is 13.1 Å². The predicted octanol–water partition coefficient (Wildman–Crippen LogP) is 0.377. The average Bonchev–Trinajstić information content (AvgIpc) is 2.64. The summed E-state index contributed by atoms with van der Waals surface area (Å²) in [6.07, 6.45) is 9.65. The van der Waals surface area contributed by atoms with Gasteiger partial charge >= 0.3 is 0 Å². The van der Waals surface area contributed by atoms with Crippen molar-refractivity contribution in [1.82, 2.24) is 15.1 Å². The highest BCUT2D eigenvalue weighted by Gasteiger charge is 2.01. The minimum Gasteiger partial charge on any atom is -0.394 e. The molecule has 0 saturated carbocycles. The molecular formula is C11H17N3O. The van der Waals surface area contributed by atoms with Gasteiger partial charge < -0.3 is 10.4 Å².